The van der Waals surface area contributed by atoms with Gasteiger partial charge >= 0.3 is 0 Å². The summed E-state index contributed by atoms with van der Waals surface area (Å²) in [5, 5.41) is 4.80. The van der Waals surface area contributed by atoms with Crippen LogP contribution in [0, 0.1) is 11.3 Å². The molecule has 0 aromatic carbocycles. The molecule has 25 heavy (non-hydrogen) atoms. The number of hydrogen-bond acceptors (Lipinski definition) is 4. The molecule has 2 aliphatic carbocycles. The fourth-order valence-electron chi connectivity index (χ4n) is 6.01. The summed E-state index contributed by atoms with van der Waals surface area (Å²) in [6.45, 7) is 6.91. The van der Waals surface area contributed by atoms with Crippen molar-refractivity contribution in [2.75, 3.05) is 20.8 Å². The predicted octanol–water partition coefficient (Wildman–Crippen LogP) is 2.91. The van der Waals surface area contributed by atoms with Crippen LogP contribution in [0.15, 0.2) is 0 Å². The quantitative estimate of drug-likeness (QED) is 0.768. The zero-order chi connectivity index (χ0) is 17.8. The first-order chi connectivity index (χ1) is 11.9. The molecule has 1 atom stereocenters. The molecule has 1 saturated heterocycles. The monoisotopic (exact) mass is 347 g/mol. The lowest BCUT2D eigenvalue weighted by molar-refractivity contribution is -0.339. The van der Waals surface area contributed by atoms with E-state index >= 15 is 0 Å². The molecule has 0 N–H and O–H groups in total. The van der Waals surface area contributed by atoms with Crippen molar-refractivity contribution in [3.8, 4) is 0 Å². The molecule has 2 fully saturated rings. The molecular weight excluding hydrogens is 314 g/mol. The largest absolute Gasteiger partial charge is 0.353 e. The Labute approximate surface area is 151 Å². The van der Waals surface area contributed by atoms with E-state index in [2.05, 4.69) is 30.5 Å². The molecule has 3 aliphatic rings. The molecule has 1 spiro atoms. The highest BCUT2D eigenvalue weighted by Gasteiger charge is 2.66. The fraction of sp³-hybridized carbons (Fsp3) is 0.850. The SMILES string of the molecule is COC1(OC)CC2(CN(Cc3c4c(nn3C)CCCC4)C2C(C)C)C1. The van der Waals surface area contributed by atoms with Gasteiger partial charge < -0.3 is 9.47 Å². The van der Waals surface area contributed by atoms with Gasteiger partial charge in [-0.2, -0.15) is 5.10 Å². The Morgan fingerprint density at radius 2 is 1.84 bits per heavy atom. The van der Waals surface area contributed by atoms with Crippen LogP contribution in [0.25, 0.3) is 0 Å². The van der Waals surface area contributed by atoms with Crippen LogP contribution in [0.3, 0.4) is 0 Å². The number of fused-ring (bicyclic) bond motifs is 1. The van der Waals surface area contributed by atoms with Crippen LogP contribution in [-0.4, -0.2) is 47.3 Å². The van der Waals surface area contributed by atoms with Gasteiger partial charge in [-0.15, -0.1) is 0 Å². The van der Waals surface area contributed by atoms with E-state index in [0.717, 1.165) is 32.4 Å². The Hall–Kier alpha value is -0.910. The second kappa shape index (κ2) is 6.07. The van der Waals surface area contributed by atoms with Crippen molar-refractivity contribution in [3.05, 3.63) is 17.0 Å². The number of rotatable bonds is 5. The highest BCUT2D eigenvalue weighted by atomic mass is 16.7. The van der Waals surface area contributed by atoms with Gasteiger partial charge in [0.2, 0.25) is 0 Å². The Balaban J connectivity index is 1.51. The van der Waals surface area contributed by atoms with Gasteiger partial charge in [0.15, 0.2) is 5.79 Å². The summed E-state index contributed by atoms with van der Waals surface area (Å²) in [5.41, 5.74) is 4.70. The molecule has 2 heterocycles. The minimum Gasteiger partial charge on any atom is -0.353 e. The van der Waals surface area contributed by atoms with Gasteiger partial charge in [0.05, 0.1) is 11.4 Å². The van der Waals surface area contributed by atoms with E-state index < -0.39 is 0 Å². The van der Waals surface area contributed by atoms with Crippen molar-refractivity contribution in [3.63, 3.8) is 0 Å². The van der Waals surface area contributed by atoms with Crippen LogP contribution in [0.5, 0.6) is 0 Å². The van der Waals surface area contributed by atoms with E-state index in [1.807, 2.05) is 0 Å². The molecule has 140 valence electrons. The van der Waals surface area contributed by atoms with Crippen LogP contribution in [0.2, 0.25) is 0 Å². The minimum absolute atomic E-state index is 0.342. The lowest BCUT2D eigenvalue weighted by atomic mass is 9.52. The van der Waals surface area contributed by atoms with E-state index in [1.54, 1.807) is 14.2 Å². The molecular formula is C20H33N3O2. The zero-order valence-electron chi connectivity index (χ0n) is 16.5. The van der Waals surface area contributed by atoms with Gasteiger partial charge in [0, 0.05) is 58.7 Å². The number of aryl methyl sites for hydroxylation is 2. The smallest absolute Gasteiger partial charge is 0.168 e. The molecule has 1 aliphatic heterocycles. The molecule has 0 radical (unpaired) electrons. The Morgan fingerprint density at radius 1 is 1.16 bits per heavy atom. The number of methoxy groups -OCH3 is 2. The maximum absolute atomic E-state index is 5.66. The highest BCUT2D eigenvalue weighted by Crippen LogP contribution is 2.61. The van der Waals surface area contributed by atoms with E-state index in [-0.39, 0.29) is 5.79 Å². The van der Waals surface area contributed by atoms with Gasteiger partial charge in [-0.1, -0.05) is 13.8 Å². The van der Waals surface area contributed by atoms with Crippen molar-refractivity contribution in [1.82, 2.24) is 14.7 Å². The first-order valence-electron chi connectivity index (χ1n) is 9.81. The molecule has 0 bridgehead atoms. The van der Waals surface area contributed by atoms with Crippen molar-refractivity contribution < 1.29 is 9.47 Å². The Bertz CT molecular complexity index is 640. The number of aromatic nitrogens is 2. The van der Waals surface area contributed by atoms with Crippen molar-refractivity contribution in [1.29, 1.82) is 0 Å². The van der Waals surface area contributed by atoms with Gasteiger partial charge in [-0.05, 0) is 37.2 Å². The summed E-state index contributed by atoms with van der Waals surface area (Å²) >= 11 is 0. The maximum atomic E-state index is 5.66. The molecule has 5 heteroatoms. The maximum Gasteiger partial charge on any atom is 0.168 e. The van der Waals surface area contributed by atoms with E-state index in [9.17, 15) is 0 Å². The van der Waals surface area contributed by atoms with Crippen LogP contribution in [0.1, 0.15) is 56.5 Å². The summed E-state index contributed by atoms with van der Waals surface area (Å²) in [6, 6.07) is 0.611. The molecule has 1 unspecified atom stereocenters. The first-order valence-corrected chi connectivity index (χ1v) is 9.81. The average Bonchev–Trinajstić information content (AvgIpc) is 2.84. The molecule has 1 saturated carbocycles. The molecule has 1 aromatic rings. The predicted molar refractivity (Wildman–Crippen MR) is 97.3 cm³/mol. The summed E-state index contributed by atoms with van der Waals surface area (Å²) in [7, 11) is 5.68. The highest BCUT2D eigenvalue weighted by molar-refractivity contribution is 5.29. The summed E-state index contributed by atoms with van der Waals surface area (Å²) in [4.78, 5) is 2.67. The molecule has 5 nitrogen and oxygen atoms in total. The molecule has 1 aromatic heterocycles. The minimum atomic E-state index is -0.342. The standard InChI is InChI=1S/C20H33N3O2/c1-14(2)18-19(11-20(12-19,24-4)25-5)13-23(18)10-17-15-8-6-7-9-16(15)21-22(17)3/h14,18H,6-13H2,1-5H3. The topological polar surface area (TPSA) is 39.5 Å². The first kappa shape index (κ1) is 17.5. The summed E-state index contributed by atoms with van der Waals surface area (Å²) < 4.78 is 13.5. The van der Waals surface area contributed by atoms with Gasteiger partial charge in [0.1, 0.15) is 0 Å². The fourth-order valence-corrected chi connectivity index (χ4v) is 6.01. The second-order valence-electron chi connectivity index (χ2n) is 8.83. The van der Waals surface area contributed by atoms with Crippen LogP contribution >= 0.6 is 0 Å². The third-order valence-corrected chi connectivity index (χ3v) is 6.96. The summed E-state index contributed by atoms with van der Waals surface area (Å²) in [5.74, 6) is 0.301. The normalized spacial score (nSPS) is 27.2. The Morgan fingerprint density at radius 3 is 2.48 bits per heavy atom. The molecule has 4 rings (SSSR count). The van der Waals surface area contributed by atoms with Crippen LogP contribution in [-0.2, 0) is 35.9 Å². The summed E-state index contributed by atoms with van der Waals surface area (Å²) in [6.07, 6.45) is 7.02. The zero-order valence-corrected chi connectivity index (χ0v) is 16.5. The van der Waals surface area contributed by atoms with E-state index in [4.69, 9.17) is 14.6 Å². The average molecular weight is 348 g/mol. The second-order valence-corrected chi connectivity index (χ2v) is 8.83. The number of nitrogens with zero attached hydrogens (tertiary/aromatic N) is 3. The van der Waals surface area contributed by atoms with Gasteiger partial charge in [-0.3, -0.25) is 9.58 Å². The third-order valence-electron chi connectivity index (χ3n) is 6.96. The van der Waals surface area contributed by atoms with Crippen LogP contribution in [0.4, 0.5) is 0 Å². The number of ether oxygens (including phenoxy) is 2. The van der Waals surface area contributed by atoms with Crippen LogP contribution < -0.4 is 0 Å². The van der Waals surface area contributed by atoms with E-state index in [0.29, 0.717) is 17.4 Å². The number of hydrogen-bond donors (Lipinski definition) is 0. The Kier molecular flexibility index (Phi) is 4.25. The van der Waals surface area contributed by atoms with Gasteiger partial charge in [0.25, 0.3) is 0 Å². The van der Waals surface area contributed by atoms with Gasteiger partial charge in [-0.25, -0.2) is 0 Å². The third kappa shape index (κ3) is 2.58. The lowest BCUT2D eigenvalue weighted by Crippen LogP contribution is -2.75. The van der Waals surface area contributed by atoms with Crippen molar-refractivity contribution >= 4 is 0 Å². The number of likely N-dealkylation sites (tertiary alicyclic amines) is 1. The molecule has 0 amide bonds. The van der Waals surface area contributed by atoms with Crippen molar-refractivity contribution in [2.45, 2.75) is 70.7 Å². The van der Waals surface area contributed by atoms with E-state index in [1.165, 1.54) is 36.2 Å². The van der Waals surface area contributed by atoms with Crippen molar-refractivity contribution in [2.24, 2.45) is 18.4 Å². The lowest BCUT2D eigenvalue weighted by Gasteiger charge is -2.68.